The van der Waals surface area contributed by atoms with Crippen LogP contribution in [0.4, 0.5) is 20.6 Å². The van der Waals surface area contributed by atoms with Crippen LogP contribution in [0.3, 0.4) is 0 Å². The predicted molar refractivity (Wildman–Crippen MR) is 129 cm³/mol. The lowest BCUT2D eigenvalue weighted by Crippen LogP contribution is -2.39. The number of halogens is 1. The van der Waals surface area contributed by atoms with E-state index in [1.54, 1.807) is 35.6 Å². The van der Waals surface area contributed by atoms with Gasteiger partial charge >= 0.3 is 6.03 Å². The van der Waals surface area contributed by atoms with Crippen LogP contribution in [0.1, 0.15) is 16.9 Å². The fraction of sp³-hybridized carbons (Fsp3) is 0.240. The summed E-state index contributed by atoms with van der Waals surface area (Å²) in [5, 5.41) is 4.66. The maximum absolute atomic E-state index is 13.4. The van der Waals surface area contributed by atoms with Crippen molar-refractivity contribution in [3.63, 3.8) is 0 Å². The normalized spacial score (nSPS) is 15.7. The topological polar surface area (TPSA) is 79.0 Å². The quantitative estimate of drug-likeness (QED) is 0.477. The molecule has 0 bridgehead atoms. The molecule has 0 aliphatic carbocycles. The highest BCUT2D eigenvalue weighted by molar-refractivity contribution is 7.10. The minimum Gasteiger partial charge on any atom is -0.497 e. The molecule has 1 aliphatic rings. The maximum Gasteiger partial charge on any atom is 0.332 e. The zero-order chi connectivity index (χ0) is 24.2. The number of aryl methyl sites for hydroxylation is 1. The van der Waals surface area contributed by atoms with E-state index in [4.69, 9.17) is 4.74 Å². The van der Waals surface area contributed by atoms with E-state index < -0.39 is 29.7 Å². The molecule has 1 aromatic heterocycles. The molecular weight excluding hydrogens is 457 g/mol. The van der Waals surface area contributed by atoms with Gasteiger partial charge in [0.1, 0.15) is 17.6 Å². The molecule has 1 unspecified atom stereocenters. The van der Waals surface area contributed by atoms with Crippen LogP contribution < -0.4 is 15.0 Å². The van der Waals surface area contributed by atoms with Gasteiger partial charge in [-0.1, -0.05) is 6.07 Å². The number of carbonyl (C=O) groups excluding carboxylic acids is 3. The molecule has 34 heavy (non-hydrogen) atoms. The summed E-state index contributed by atoms with van der Waals surface area (Å²) in [7, 11) is 1.50. The second-order valence-electron chi connectivity index (χ2n) is 7.90. The molecule has 2 heterocycles. The van der Waals surface area contributed by atoms with Crippen molar-refractivity contribution < 1.29 is 23.5 Å². The van der Waals surface area contributed by atoms with E-state index in [-0.39, 0.29) is 6.42 Å². The first-order valence-corrected chi connectivity index (χ1v) is 11.6. The number of benzene rings is 2. The van der Waals surface area contributed by atoms with Crippen molar-refractivity contribution in [2.45, 2.75) is 25.8 Å². The fourth-order valence-corrected chi connectivity index (χ4v) is 4.78. The highest BCUT2D eigenvalue weighted by Gasteiger charge is 2.46. The van der Waals surface area contributed by atoms with E-state index in [0.29, 0.717) is 30.1 Å². The van der Waals surface area contributed by atoms with E-state index in [1.807, 2.05) is 18.4 Å². The Balaban J connectivity index is 1.57. The Hall–Kier alpha value is -3.72. The summed E-state index contributed by atoms with van der Waals surface area (Å²) >= 11 is 1.59. The van der Waals surface area contributed by atoms with Crippen LogP contribution in [0.2, 0.25) is 0 Å². The molecule has 1 N–H and O–H groups in total. The molecule has 0 radical (unpaired) electrons. The van der Waals surface area contributed by atoms with E-state index in [9.17, 15) is 18.8 Å². The number of anilines is 2. The third-order valence-electron chi connectivity index (χ3n) is 5.68. The first-order chi connectivity index (χ1) is 16.4. The largest absolute Gasteiger partial charge is 0.497 e. The van der Waals surface area contributed by atoms with Crippen LogP contribution in [0.15, 0.2) is 60.0 Å². The number of thiophene rings is 1. The highest BCUT2D eigenvalue weighted by atomic mass is 32.1. The molecule has 0 saturated carbocycles. The van der Waals surface area contributed by atoms with Crippen molar-refractivity contribution in [1.82, 2.24) is 4.90 Å². The first-order valence-electron chi connectivity index (χ1n) is 10.7. The Morgan fingerprint density at radius 2 is 1.91 bits per heavy atom. The van der Waals surface area contributed by atoms with Gasteiger partial charge in [0.2, 0.25) is 5.91 Å². The number of nitrogens with one attached hydrogen (secondary N) is 1. The van der Waals surface area contributed by atoms with Crippen molar-refractivity contribution in [3.05, 3.63) is 76.2 Å². The summed E-state index contributed by atoms with van der Waals surface area (Å²) in [6, 6.07) is 12.6. The van der Waals surface area contributed by atoms with Gasteiger partial charge in [0.05, 0.1) is 19.2 Å². The van der Waals surface area contributed by atoms with Crippen LogP contribution in [0.5, 0.6) is 5.75 Å². The van der Waals surface area contributed by atoms with E-state index >= 15 is 0 Å². The Kier molecular flexibility index (Phi) is 6.93. The van der Waals surface area contributed by atoms with Crippen LogP contribution in [-0.4, -0.2) is 42.4 Å². The number of urea groups is 1. The summed E-state index contributed by atoms with van der Waals surface area (Å²) in [4.78, 5) is 43.2. The standard InChI is InChI=1S/C25H24FN3O4S/c1-16-11-13-34-22(16)10-12-28-21(15-23(30)27-18-8-6-17(26)7-9-18)24(31)29(25(28)32)19-4-3-5-20(14-19)33-2/h3-9,11,13-14,21H,10,12,15H2,1-2H3,(H,27,30). The molecule has 2 aromatic carbocycles. The molecule has 4 amide bonds. The number of hydrogen-bond acceptors (Lipinski definition) is 5. The Morgan fingerprint density at radius 3 is 2.59 bits per heavy atom. The van der Waals surface area contributed by atoms with Gasteiger partial charge in [0, 0.05) is 23.2 Å². The monoisotopic (exact) mass is 481 g/mol. The van der Waals surface area contributed by atoms with E-state index in [0.717, 1.165) is 15.3 Å². The molecule has 1 saturated heterocycles. The van der Waals surface area contributed by atoms with Crippen LogP contribution in [0, 0.1) is 12.7 Å². The van der Waals surface area contributed by atoms with E-state index in [1.165, 1.54) is 36.3 Å². The molecule has 1 aliphatic heterocycles. The van der Waals surface area contributed by atoms with Gasteiger partial charge in [-0.15, -0.1) is 11.3 Å². The molecule has 9 heteroatoms. The zero-order valence-corrected chi connectivity index (χ0v) is 19.6. The lowest BCUT2D eigenvalue weighted by Gasteiger charge is -2.21. The van der Waals surface area contributed by atoms with Gasteiger partial charge in [-0.2, -0.15) is 0 Å². The maximum atomic E-state index is 13.4. The molecular formula is C25H24FN3O4S. The van der Waals surface area contributed by atoms with Gasteiger partial charge in [-0.3, -0.25) is 9.59 Å². The summed E-state index contributed by atoms with van der Waals surface area (Å²) in [5.41, 5.74) is 1.92. The summed E-state index contributed by atoms with van der Waals surface area (Å²) in [5.74, 6) is -0.826. The van der Waals surface area contributed by atoms with Crippen molar-refractivity contribution in [1.29, 1.82) is 0 Å². The van der Waals surface area contributed by atoms with Crippen LogP contribution in [-0.2, 0) is 16.0 Å². The summed E-state index contributed by atoms with van der Waals surface area (Å²) in [6.45, 7) is 2.29. The van der Waals surface area contributed by atoms with Gasteiger partial charge in [0.25, 0.3) is 5.91 Å². The molecule has 1 atom stereocenters. The number of nitrogens with zero attached hydrogens (tertiary/aromatic N) is 2. The van der Waals surface area contributed by atoms with Gasteiger partial charge < -0.3 is 15.0 Å². The van der Waals surface area contributed by atoms with Gasteiger partial charge in [0.15, 0.2) is 0 Å². The average Bonchev–Trinajstić information content (AvgIpc) is 3.34. The molecule has 7 nitrogen and oxygen atoms in total. The summed E-state index contributed by atoms with van der Waals surface area (Å²) < 4.78 is 18.4. The molecule has 3 aromatic rings. The second-order valence-corrected chi connectivity index (χ2v) is 8.90. The number of rotatable bonds is 8. The highest BCUT2D eigenvalue weighted by Crippen LogP contribution is 2.30. The molecule has 4 rings (SSSR count). The van der Waals surface area contributed by atoms with Crippen molar-refractivity contribution in [2.24, 2.45) is 0 Å². The summed E-state index contributed by atoms with van der Waals surface area (Å²) in [6.07, 6.45) is 0.358. The Morgan fingerprint density at radius 1 is 1.15 bits per heavy atom. The molecule has 176 valence electrons. The number of imide groups is 1. The third-order valence-corrected chi connectivity index (χ3v) is 6.77. The predicted octanol–water partition coefficient (Wildman–Crippen LogP) is 4.61. The number of hydrogen-bond donors (Lipinski definition) is 1. The first kappa shape index (κ1) is 23.4. The Labute approximate surface area is 200 Å². The number of carbonyl (C=O) groups is 3. The minimum absolute atomic E-state index is 0.216. The number of methoxy groups -OCH3 is 1. The zero-order valence-electron chi connectivity index (χ0n) is 18.8. The lowest BCUT2D eigenvalue weighted by molar-refractivity contribution is -0.124. The molecule has 1 fully saturated rings. The van der Waals surface area contributed by atoms with Crippen molar-refractivity contribution in [3.8, 4) is 5.75 Å². The smallest absolute Gasteiger partial charge is 0.332 e. The third kappa shape index (κ3) is 4.94. The number of ether oxygens (including phenoxy) is 1. The van der Waals surface area contributed by atoms with Crippen LogP contribution >= 0.6 is 11.3 Å². The SMILES string of the molecule is COc1cccc(N2C(=O)C(CC(=O)Nc3ccc(F)cc3)N(CCc3sccc3C)C2=O)c1. The Bertz CT molecular complexity index is 1210. The van der Waals surface area contributed by atoms with Gasteiger partial charge in [-0.25, -0.2) is 14.1 Å². The number of amides is 4. The fourth-order valence-electron chi connectivity index (χ4n) is 3.88. The van der Waals surface area contributed by atoms with Crippen molar-refractivity contribution in [2.75, 3.05) is 23.9 Å². The van der Waals surface area contributed by atoms with E-state index in [2.05, 4.69) is 5.32 Å². The lowest BCUT2D eigenvalue weighted by atomic mass is 10.1. The average molecular weight is 482 g/mol. The second kappa shape index (κ2) is 10.0. The van der Waals surface area contributed by atoms with Gasteiger partial charge in [-0.05, 0) is 66.8 Å². The van der Waals surface area contributed by atoms with Crippen molar-refractivity contribution >= 4 is 40.6 Å². The molecule has 0 spiro atoms. The van der Waals surface area contributed by atoms with Crippen LogP contribution in [0.25, 0.3) is 0 Å². The minimum atomic E-state index is -0.959.